The molecule has 124 valence electrons. The Kier molecular flexibility index (Phi) is 4.57. The van der Waals surface area contributed by atoms with Gasteiger partial charge in [-0.25, -0.2) is 4.98 Å². The number of fused-ring (bicyclic) bond motifs is 1. The Morgan fingerprint density at radius 1 is 1.29 bits per heavy atom. The number of hydrogen-bond acceptors (Lipinski definition) is 4. The Morgan fingerprint density at radius 3 is 2.79 bits per heavy atom. The molecule has 6 heteroatoms. The van der Waals surface area contributed by atoms with Gasteiger partial charge in [-0.15, -0.1) is 0 Å². The van der Waals surface area contributed by atoms with E-state index in [2.05, 4.69) is 15.3 Å². The van der Waals surface area contributed by atoms with Crippen molar-refractivity contribution in [1.82, 2.24) is 19.9 Å². The highest BCUT2D eigenvalue weighted by Gasteiger charge is 2.13. The summed E-state index contributed by atoms with van der Waals surface area (Å²) in [5, 5.41) is 4.81. The second-order valence-electron chi connectivity index (χ2n) is 5.81. The van der Waals surface area contributed by atoms with Crippen molar-refractivity contribution in [3.63, 3.8) is 0 Å². The maximum Gasteiger partial charge on any atom is 0.252 e. The average molecular weight is 340 g/mol. The van der Waals surface area contributed by atoms with E-state index in [-0.39, 0.29) is 5.91 Å². The van der Waals surface area contributed by atoms with Crippen molar-refractivity contribution in [2.45, 2.75) is 25.5 Å². The standard InChI is InChI=1S/C18H20N4OS/c1-11-5-6-16-14(7-11)15(8-12(2)21-16)17(23)19-9-13-10-20-18(24-4)22(13)3/h5-8,10H,9H2,1-4H3,(H,19,23). The normalized spacial score (nSPS) is 11.0. The van der Waals surface area contributed by atoms with Crippen LogP contribution in [0.1, 0.15) is 27.3 Å². The minimum Gasteiger partial charge on any atom is -0.346 e. The lowest BCUT2D eigenvalue weighted by Crippen LogP contribution is -2.24. The molecule has 1 N–H and O–H groups in total. The van der Waals surface area contributed by atoms with E-state index >= 15 is 0 Å². The van der Waals surface area contributed by atoms with Gasteiger partial charge in [0.05, 0.1) is 29.5 Å². The van der Waals surface area contributed by atoms with E-state index in [1.807, 2.05) is 56.0 Å². The van der Waals surface area contributed by atoms with Gasteiger partial charge in [0, 0.05) is 18.1 Å². The average Bonchev–Trinajstić information content (AvgIpc) is 2.92. The number of amides is 1. The summed E-state index contributed by atoms with van der Waals surface area (Å²) in [7, 11) is 1.95. The summed E-state index contributed by atoms with van der Waals surface area (Å²) >= 11 is 1.58. The third-order valence-corrected chi connectivity index (χ3v) is 4.74. The van der Waals surface area contributed by atoms with E-state index in [0.29, 0.717) is 12.1 Å². The lowest BCUT2D eigenvalue weighted by molar-refractivity contribution is 0.0951. The number of carbonyl (C=O) groups excluding carboxylic acids is 1. The molecule has 2 aromatic heterocycles. The highest BCUT2D eigenvalue weighted by molar-refractivity contribution is 7.98. The van der Waals surface area contributed by atoms with Gasteiger partial charge >= 0.3 is 0 Å². The zero-order valence-corrected chi connectivity index (χ0v) is 15.1. The molecule has 1 amide bonds. The zero-order valence-electron chi connectivity index (χ0n) is 14.3. The molecular weight excluding hydrogens is 320 g/mol. The fraction of sp³-hybridized carbons (Fsp3) is 0.278. The highest BCUT2D eigenvalue weighted by atomic mass is 32.2. The van der Waals surface area contributed by atoms with E-state index in [1.165, 1.54) is 0 Å². The van der Waals surface area contributed by atoms with Crippen molar-refractivity contribution in [3.8, 4) is 0 Å². The van der Waals surface area contributed by atoms with Crippen LogP contribution in [-0.2, 0) is 13.6 Å². The largest absolute Gasteiger partial charge is 0.346 e. The Bertz CT molecular complexity index is 917. The Morgan fingerprint density at radius 2 is 2.08 bits per heavy atom. The Hall–Kier alpha value is -2.34. The molecule has 0 aliphatic carbocycles. The second kappa shape index (κ2) is 6.65. The smallest absolute Gasteiger partial charge is 0.252 e. The number of nitrogens with zero attached hydrogens (tertiary/aromatic N) is 3. The number of aryl methyl sites for hydroxylation is 2. The van der Waals surface area contributed by atoms with Crippen LogP contribution >= 0.6 is 11.8 Å². The van der Waals surface area contributed by atoms with Gasteiger partial charge in [0.2, 0.25) is 0 Å². The van der Waals surface area contributed by atoms with E-state index < -0.39 is 0 Å². The topological polar surface area (TPSA) is 59.8 Å². The number of thioether (sulfide) groups is 1. The van der Waals surface area contributed by atoms with Crippen LogP contribution in [-0.4, -0.2) is 26.7 Å². The minimum atomic E-state index is -0.0944. The van der Waals surface area contributed by atoms with Crippen LogP contribution < -0.4 is 5.32 Å². The molecule has 0 fully saturated rings. The van der Waals surface area contributed by atoms with Crippen molar-refractivity contribution in [3.05, 3.63) is 53.0 Å². The molecular formula is C18H20N4OS. The van der Waals surface area contributed by atoms with Crippen molar-refractivity contribution >= 4 is 28.6 Å². The van der Waals surface area contributed by atoms with Crippen LogP contribution in [0, 0.1) is 13.8 Å². The SMILES string of the molecule is CSc1ncc(CNC(=O)c2cc(C)nc3ccc(C)cc23)n1C. The van der Waals surface area contributed by atoms with E-state index in [9.17, 15) is 4.79 Å². The van der Waals surface area contributed by atoms with Crippen molar-refractivity contribution in [2.75, 3.05) is 6.26 Å². The summed E-state index contributed by atoms with van der Waals surface area (Å²) < 4.78 is 1.99. The van der Waals surface area contributed by atoms with Crippen LogP contribution in [0.4, 0.5) is 0 Å². The summed E-state index contributed by atoms with van der Waals surface area (Å²) in [6.07, 6.45) is 3.78. The first-order valence-electron chi connectivity index (χ1n) is 7.70. The second-order valence-corrected chi connectivity index (χ2v) is 6.58. The summed E-state index contributed by atoms with van der Waals surface area (Å²) in [5.74, 6) is -0.0944. The minimum absolute atomic E-state index is 0.0944. The zero-order chi connectivity index (χ0) is 17.3. The molecule has 24 heavy (non-hydrogen) atoms. The molecule has 0 spiro atoms. The molecule has 0 unspecified atom stereocenters. The van der Waals surface area contributed by atoms with Crippen LogP contribution in [0.5, 0.6) is 0 Å². The fourth-order valence-electron chi connectivity index (χ4n) is 2.71. The summed E-state index contributed by atoms with van der Waals surface area (Å²) in [6, 6.07) is 7.82. The van der Waals surface area contributed by atoms with Gasteiger partial charge in [0.15, 0.2) is 5.16 Å². The van der Waals surface area contributed by atoms with Gasteiger partial charge in [-0.2, -0.15) is 0 Å². The number of benzene rings is 1. The van der Waals surface area contributed by atoms with Crippen molar-refractivity contribution < 1.29 is 4.79 Å². The maximum absolute atomic E-state index is 12.7. The lowest BCUT2D eigenvalue weighted by Gasteiger charge is -2.10. The molecule has 0 bridgehead atoms. The Labute approximate surface area is 145 Å². The fourth-order valence-corrected chi connectivity index (χ4v) is 3.25. The van der Waals surface area contributed by atoms with Gasteiger partial charge in [0.25, 0.3) is 5.91 Å². The van der Waals surface area contributed by atoms with Crippen LogP contribution in [0.2, 0.25) is 0 Å². The number of hydrogen-bond donors (Lipinski definition) is 1. The highest BCUT2D eigenvalue weighted by Crippen LogP contribution is 2.20. The van der Waals surface area contributed by atoms with Gasteiger partial charge in [-0.3, -0.25) is 9.78 Å². The van der Waals surface area contributed by atoms with Crippen molar-refractivity contribution in [1.29, 1.82) is 0 Å². The number of nitrogens with one attached hydrogen (secondary N) is 1. The van der Waals surface area contributed by atoms with Crippen LogP contribution in [0.3, 0.4) is 0 Å². The molecule has 0 atom stereocenters. The summed E-state index contributed by atoms with van der Waals surface area (Å²) in [4.78, 5) is 21.5. The number of pyridine rings is 1. The van der Waals surface area contributed by atoms with E-state index in [0.717, 1.165) is 33.0 Å². The molecule has 0 saturated carbocycles. The van der Waals surface area contributed by atoms with E-state index in [4.69, 9.17) is 0 Å². The molecule has 0 saturated heterocycles. The maximum atomic E-state index is 12.7. The molecule has 2 heterocycles. The quantitative estimate of drug-likeness (QED) is 0.741. The predicted octanol–water partition coefficient (Wildman–Crippen LogP) is 3.24. The van der Waals surface area contributed by atoms with Crippen molar-refractivity contribution in [2.24, 2.45) is 7.05 Å². The molecule has 0 aliphatic heterocycles. The van der Waals surface area contributed by atoms with Gasteiger partial charge in [-0.1, -0.05) is 23.4 Å². The molecule has 0 aliphatic rings. The summed E-state index contributed by atoms with van der Waals surface area (Å²) in [5.41, 5.74) is 4.42. The van der Waals surface area contributed by atoms with Gasteiger partial charge in [-0.05, 0) is 38.3 Å². The van der Waals surface area contributed by atoms with Gasteiger partial charge in [0.1, 0.15) is 0 Å². The monoisotopic (exact) mass is 340 g/mol. The van der Waals surface area contributed by atoms with E-state index in [1.54, 1.807) is 18.0 Å². The third-order valence-electron chi connectivity index (χ3n) is 3.99. The number of carbonyl (C=O) groups is 1. The molecule has 0 radical (unpaired) electrons. The Balaban J connectivity index is 1.88. The van der Waals surface area contributed by atoms with Crippen LogP contribution in [0.15, 0.2) is 35.6 Å². The first-order valence-corrected chi connectivity index (χ1v) is 8.93. The predicted molar refractivity (Wildman–Crippen MR) is 97.4 cm³/mol. The summed E-state index contributed by atoms with van der Waals surface area (Å²) in [6.45, 7) is 4.36. The number of aromatic nitrogens is 3. The number of imidazole rings is 1. The lowest BCUT2D eigenvalue weighted by atomic mass is 10.0. The molecule has 3 rings (SSSR count). The third kappa shape index (κ3) is 3.14. The van der Waals surface area contributed by atoms with Gasteiger partial charge < -0.3 is 9.88 Å². The first-order chi connectivity index (χ1) is 11.5. The molecule has 5 nitrogen and oxygen atoms in total. The number of rotatable bonds is 4. The molecule has 1 aromatic carbocycles. The first kappa shape index (κ1) is 16.5. The van der Waals surface area contributed by atoms with Crippen LogP contribution in [0.25, 0.3) is 10.9 Å². The molecule has 3 aromatic rings.